The molecule has 2 unspecified atom stereocenters. The maximum atomic E-state index is 13.6. The van der Waals surface area contributed by atoms with Crippen molar-refractivity contribution >= 4 is 41.3 Å². The second kappa shape index (κ2) is 12.1. The van der Waals surface area contributed by atoms with Gasteiger partial charge < -0.3 is 20.3 Å². The molecule has 0 aliphatic carbocycles. The van der Waals surface area contributed by atoms with E-state index >= 15 is 0 Å². The van der Waals surface area contributed by atoms with Crippen LogP contribution < -0.4 is 15.4 Å². The lowest BCUT2D eigenvalue weighted by atomic mass is 10.2. The van der Waals surface area contributed by atoms with E-state index in [2.05, 4.69) is 52.1 Å². The van der Waals surface area contributed by atoms with Crippen LogP contribution in [0.5, 0.6) is 5.75 Å². The molecule has 1 aromatic carbocycles. The van der Waals surface area contributed by atoms with Crippen molar-refractivity contribution in [2.24, 2.45) is 4.99 Å². The van der Waals surface area contributed by atoms with Crippen molar-refractivity contribution < 1.29 is 9.13 Å². The highest BCUT2D eigenvalue weighted by molar-refractivity contribution is 14.0. The van der Waals surface area contributed by atoms with Crippen molar-refractivity contribution in [1.29, 1.82) is 0 Å². The average Bonchev–Trinajstić information content (AvgIpc) is 3.14. The molecular formula is C19H28FIN4OS. The minimum Gasteiger partial charge on any atom is -0.486 e. The predicted molar refractivity (Wildman–Crippen MR) is 122 cm³/mol. The van der Waals surface area contributed by atoms with Gasteiger partial charge in [-0.05, 0) is 44.6 Å². The Labute approximate surface area is 182 Å². The van der Waals surface area contributed by atoms with Crippen LogP contribution in [0.25, 0.3) is 0 Å². The molecule has 0 spiro atoms. The molecule has 0 saturated carbocycles. The van der Waals surface area contributed by atoms with Crippen LogP contribution in [-0.2, 0) is 0 Å². The van der Waals surface area contributed by atoms with Gasteiger partial charge in [0.1, 0.15) is 6.10 Å². The fourth-order valence-electron chi connectivity index (χ4n) is 2.47. The van der Waals surface area contributed by atoms with Gasteiger partial charge in [-0.1, -0.05) is 18.2 Å². The second-order valence-corrected chi connectivity index (χ2v) is 7.17. The first-order chi connectivity index (χ1) is 12.5. The molecule has 2 atom stereocenters. The highest BCUT2D eigenvalue weighted by atomic mass is 127. The molecule has 27 heavy (non-hydrogen) atoms. The second-order valence-electron chi connectivity index (χ2n) is 6.19. The van der Waals surface area contributed by atoms with Crippen LogP contribution in [0.2, 0.25) is 0 Å². The lowest BCUT2D eigenvalue weighted by molar-refractivity contribution is 0.214. The Morgan fingerprint density at radius 1 is 1.19 bits per heavy atom. The Balaban J connectivity index is 0.00000364. The van der Waals surface area contributed by atoms with Crippen LogP contribution in [0.1, 0.15) is 17.8 Å². The van der Waals surface area contributed by atoms with Gasteiger partial charge in [-0.3, -0.25) is 4.99 Å². The molecule has 2 N–H and O–H groups in total. The van der Waals surface area contributed by atoms with Gasteiger partial charge in [0, 0.05) is 18.5 Å². The number of hydrogen-bond donors (Lipinski definition) is 2. The number of hydrogen-bond acceptors (Lipinski definition) is 4. The number of benzene rings is 1. The minimum atomic E-state index is -0.355. The zero-order valence-electron chi connectivity index (χ0n) is 16.1. The monoisotopic (exact) mass is 506 g/mol. The van der Waals surface area contributed by atoms with E-state index in [9.17, 15) is 4.39 Å². The van der Waals surface area contributed by atoms with Crippen molar-refractivity contribution in [2.75, 3.05) is 34.2 Å². The van der Waals surface area contributed by atoms with Crippen LogP contribution in [0.4, 0.5) is 4.39 Å². The molecule has 150 valence electrons. The van der Waals surface area contributed by atoms with E-state index in [1.807, 2.05) is 6.92 Å². The van der Waals surface area contributed by atoms with Crippen LogP contribution >= 0.6 is 35.3 Å². The third-order valence-electron chi connectivity index (χ3n) is 3.90. The maximum Gasteiger partial charge on any atom is 0.191 e. The largest absolute Gasteiger partial charge is 0.486 e. The highest BCUT2D eigenvalue weighted by Crippen LogP contribution is 2.22. The van der Waals surface area contributed by atoms with Crippen LogP contribution in [0.3, 0.4) is 0 Å². The van der Waals surface area contributed by atoms with Gasteiger partial charge >= 0.3 is 0 Å². The van der Waals surface area contributed by atoms with Crippen molar-refractivity contribution in [2.45, 2.75) is 19.1 Å². The topological polar surface area (TPSA) is 48.9 Å². The van der Waals surface area contributed by atoms with Gasteiger partial charge in [-0.15, -0.1) is 35.3 Å². The van der Waals surface area contributed by atoms with Crippen molar-refractivity contribution in [1.82, 2.24) is 15.5 Å². The van der Waals surface area contributed by atoms with E-state index in [0.717, 1.165) is 6.54 Å². The average molecular weight is 506 g/mol. The van der Waals surface area contributed by atoms with Crippen molar-refractivity contribution in [3.63, 3.8) is 0 Å². The van der Waals surface area contributed by atoms with Crippen LogP contribution in [0.15, 0.2) is 46.8 Å². The molecular weight excluding hydrogens is 478 g/mol. The van der Waals surface area contributed by atoms with Crippen molar-refractivity contribution in [3.8, 4) is 5.75 Å². The third kappa shape index (κ3) is 7.63. The number of nitrogens with zero attached hydrogens (tertiary/aromatic N) is 2. The highest BCUT2D eigenvalue weighted by Gasteiger charge is 2.16. The standard InChI is InChI=1S/C19H27FN4OS.HI/c1-14(25-17-9-6-5-8-15(17)20)12-22-19(21-2)23-13-16(24(3)4)18-10-7-11-26-18;/h5-11,14,16H,12-13H2,1-4H3,(H2,21,22,23);1H. The first kappa shape index (κ1) is 23.6. The Kier molecular flexibility index (Phi) is 10.6. The summed E-state index contributed by atoms with van der Waals surface area (Å²) in [6.45, 7) is 3.14. The molecule has 0 bridgehead atoms. The summed E-state index contributed by atoms with van der Waals surface area (Å²) in [4.78, 5) is 7.72. The van der Waals surface area contributed by atoms with E-state index in [4.69, 9.17) is 4.74 Å². The molecule has 0 aliphatic heterocycles. The van der Waals surface area contributed by atoms with Crippen molar-refractivity contribution in [3.05, 3.63) is 52.5 Å². The molecule has 1 heterocycles. The van der Waals surface area contributed by atoms with Crippen LogP contribution in [0, 0.1) is 5.82 Å². The lowest BCUT2D eigenvalue weighted by Crippen LogP contribution is -2.44. The molecule has 0 amide bonds. The number of guanidine groups is 1. The normalized spacial score (nSPS) is 13.6. The van der Waals surface area contributed by atoms with Crippen LogP contribution in [-0.4, -0.2) is 51.2 Å². The number of likely N-dealkylation sites (N-methyl/N-ethyl adjacent to an activating group) is 1. The SMILES string of the molecule is CN=C(NCC(C)Oc1ccccc1F)NCC(c1cccs1)N(C)C.I. The summed E-state index contributed by atoms with van der Waals surface area (Å²) in [5.41, 5.74) is 0. The molecule has 0 saturated heterocycles. The fraction of sp³-hybridized carbons (Fsp3) is 0.421. The lowest BCUT2D eigenvalue weighted by Gasteiger charge is -2.25. The fourth-order valence-corrected chi connectivity index (χ4v) is 3.39. The van der Waals surface area contributed by atoms with Gasteiger partial charge in [-0.25, -0.2) is 4.39 Å². The Hall–Kier alpha value is -1.39. The van der Waals surface area contributed by atoms with Gasteiger partial charge in [0.15, 0.2) is 17.5 Å². The first-order valence-electron chi connectivity index (χ1n) is 8.56. The summed E-state index contributed by atoms with van der Waals surface area (Å²) in [6, 6.07) is 10.9. The zero-order chi connectivity index (χ0) is 18.9. The molecule has 1 aromatic heterocycles. The number of halogens is 2. The molecule has 2 rings (SSSR count). The van der Waals surface area contributed by atoms with E-state index in [0.29, 0.717) is 12.5 Å². The minimum absolute atomic E-state index is 0. The maximum absolute atomic E-state index is 13.6. The summed E-state index contributed by atoms with van der Waals surface area (Å²) in [6.07, 6.45) is -0.201. The Bertz CT molecular complexity index is 697. The number of ether oxygens (including phenoxy) is 1. The summed E-state index contributed by atoms with van der Waals surface area (Å²) in [7, 11) is 5.85. The van der Waals surface area contributed by atoms with Gasteiger partial charge in [0.2, 0.25) is 0 Å². The molecule has 0 aliphatic rings. The quantitative estimate of drug-likeness (QED) is 0.326. The van der Waals surface area contributed by atoms with E-state index < -0.39 is 0 Å². The predicted octanol–water partition coefficient (Wildman–Crippen LogP) is 3.74. The smallest absolute Gasteiger partial charge is 0.191 e. The van der Waals surface area contributed by atoms with Gasteiger partial charge in [-0.2, -0.15) is 0 Å². The molecule has 2 aromatic rings. The molecule has 8 heteroatoms. The number of aliphatic imine (C=N–C) groups is 1. The van der Waals surface area contributed by atoms with Gasteiger partial charge in [0.25, 0.3) is 0 Å². The Morgan fingerprint density at radius 2 is 1.89 bits per heavy atom. The third-order valence-corrected chi connectivity index (χ3v) is 4.88. The number of thiophene rings is 1. The number of rotatable bonds is 8. The first-order valence-corrected chi connectivity index (χ1v) is 9.44. The summed E-state index contributed by atoms with van der Waals surface area (Å²) < 4.78 is 19.3. The Morgan fingerprint density at radius 3 is 2.48 bits per heavy atom. The zero-order valence-corrected chi connectivity index (χ0v) is 19.3. The summed E-state index contributed by atoms with van der Waals surface area (Å²) in [5, 5.41) is 8.65. The summed E-state index contributed by atoms with van der Waals surface area (Å²) >= 11 is 1.74. The van der Waals surface area contributed by atoms with E-state index in [1.54, 1.807) is 36.6 Å². The number of nitrogens with one attached hydrogen (secondary N) is 2. The number of para-hydroxylation sites is 1. The molecule has 0 radical (unpaired) electrons. The molecule has 0 fully saturated rings. The summed E-state index contributed by atoms with van der Waals surface area (Å²) in [5.74, 6) is 0.596. The van der Waals surface area contributed by atoms with Gasteiger partial charge in [0.05, 0.1) is 12.6 Å². The van der Waals surface area contributed by atoms with E-state index in [-0.39, 0.29) is 47.7 Å². The molecule has 5 nitrogen and oxygen atoms in total. The van der Waals surface area contributed by atoms with E-state index in [1.165, 1.54) is 10.9 Å².